The lowest BCUT2D eigenvalue weighted by Crippen LogP contribution is -2.21. The molecule has 4 aromatic carbocycles. The summed E-state index contributed by atoms with van der Waals surface area (Å²) in [6.07, 6.45) is 0. The molecule has 0 spiro atoms. The van der Waals surface area contributed by atoms with Crippen LogP contribution in [0, 0.1) is 10.1 Å². The molecule has 4 rings (SSSR count). The van der Waals surface area contributed by atoms with Crippen LogP contribution in [0.25, 0.3) is 0 Å². The Kier molecular flexibility index (Phi) is 8.54. The number of benzene rings is 4. The quantitative estimate of drug-likeness (QED) is 0.142. The summed E-state index contributed by atoms with van der Waals surface area (Å²) in [5.41, 5.74) is 6.12. The lowest BCUT2D eigenvalue weighted by Gasteiger charge is -2.24. The fourth-order valence-electron chi connectivity index (χ4n) is 4.45. The molecule has 0 atom stereocenters. The van der Waals surface area contributed by atoms with E-state index in [4.69, 9.17) is 4.74 Å². The zero-order valence-electron chi connectivity index (χ0n) is 23.2. The molecule has 40 heavy (non-hydrogen) atoms. The van der Waals surface area contributed by atoms with Crippen LogP contribution >= 0.6 is 0 Å². The minimum absolute atomic E-state index is 0.0492. The maximum Gasteiger partial charge on any atom is 0.323 e. The van der Waals surface area contributed by atoms with Gasteiger partial charge in [-0.1, -0.05) is 24.3 Å². The van der Waals surface area contributed by atoms with Crippen molar-refractivity contribution >= 4 is 34.5 Å². The Hall–Kier alpha value is -5.05. The summed E-state index contributed by atoms with van der Waals surface area (Å²) < 4.78 is 5.57. The molecular formula is C31H33N5O4. The van der Waals surface area contributed by atoms with Crippen LogP contribution in [0.4, 0.5) is 33.2 Å². The molecule has 0 aromatic heterocycles. The Morgan fingerprint density at radius 2 is 1.30 bits per heavy atom. The Morgan fingerprint density at radius 3 is 1.75 bits per heavy atom. The van der Waals surface area contributed by atoms with Gasteiger partial charge in [0.05, 0.1) is 12.0 Å². The molecule has 0 unspecified atom stereocenters. The normalized spacial score (nSPS) is 10.7. The first-order valence-corrected chi connectivity index (χ1v) is 12.7. The number of amides is 2. The molecule has 0 aliphatic heterocycles. The van der Waals surface area contributed by atoms with Crippen LogP contribution in [0.2, 0.25) is 0 Å². The van der Waals surface area contributed by atoms with E-state index >= 15 is 0 Å². The molecule has 0 aliphatic carbocycles. The van der Waals surface area contributed by atoms with Crippen molar-refractivity contribution in [2.75, 3.05) is 55.7 Å². The van der Waals surface area contributed by atoms with Gasteiger partial charge >= 0.3 is 6.03 Å². The Morgan fingerprint density at radius 1 is 0.775 bits per heavy atom. The maximum atomic E-state index is 13.0. The molecule has 0 radical (unpaired) electrons. The minimum Gasteiger partial charge on any atom is -0.497 e. The molecule has 206 valence electrons. The molecule has 0 saturated heterocycles. The summed E-state index contributed by atoms with van der Waals surface area (Å²) in [6, 6.07) is 27.5. The van der Waals surface area contributed by atoms with E-state index in [0.29, 0.717) is 17.1 Å². The van der Waals surface area contributed by atoms with Crippen molar-refractivity contribution in [2.24, 2.45) is 0 Å². The van der Waals surface area contributed by atoms with Gasteiger partial charge in [-0.25, -0.2) is 4.79 Å². The predicted octanol–water partition coefficient (Wildman–Crippen LogP) is 6.56. The topological polar surface area (TPSA) is 100.0 Å². The number of carbonyl (C=O) groups excluding carboxylic acids is 1. The molecular weight excluding hydrogens is 506 g/mol. The number of non-ortho nitro benzene ring substituents is 1. The second-order valence-corrected chi connectivity index (χ2v) is 9.74. The number of rotatable bonds is 9. The fourth-order valence-corrected chi connectivity index (χ4v) is 4.45. The van der Waals surface area contributed by atoms with Crippen LogP contribution in [0.1, 0.15) is 22.6 Å². The second-order valence-electron chi connectivity index (χ2n) is 9.74. The third-order valence-electron chi connectivity index (χ3n) is 6.64. The van der Waals surface area contributed by atoms with Crippen LogP contribution in [0.3, 0.4) is 0 Å². The van der Waals surface area contributed by atoms with E-state index in [9.17, 15) is 14.9 Å². The average Bonchev–Trinajstić information content (AvgIpc) is 2.94. The first kappa shape index (κ1) is 28.0. The largest absolute Gasteiger partial charge is 0.497 e. The van der Waals surface area contributed by atoms with Gasteiger partial charge in [0.1, 0.15) is 5.75 Å². The Balaban J connectivity index is 1.74. The van der Waals surface area contributed by atoms with Gasteiger partial charge in [0, 0.05) is 69.0 Å². The van der Waals surface area contributed by atoms with Gasteiger partial charge in [-0.15, -0.1) is 0 Å². The number of methoxy groups -OCH3 is 1. The van der Waals surface area contributed by atoms with Crippen molar-refractivity contribution in [2.45, 2.75) is 5.92 Å². The van der Waals surface area contributed by atoms with Gasteiger partial charge in [-0.2, -0.15) is 0 Å². The smallest absolute Gasteiger partial charge is 0.323 e. The molecule has 0 saturated carbocycles. The predicted molar refractivity (Wildman–Crippen MR) is 161 cm³/mol. The highest BCUT2D eigenvalue weighted by atomic mass is 16.6. The van der Waals surface area contributed by atoms with Crippen LogP contribution in [0.5, 0.6) is 5.75 Å². The van der Waals surface area contributed by atoms with E-state index < -0.39 is 11.0 Å². The number of nitro groups is 1. The Labute approximate surface area is 234 Å². The number of nitro benzene ring substituents is 1. The summed E-state index contributed by atoms with van der Waals surface area (Å²) in [5.74, 6) is 0.452. The molecule has 0 fully saturated rings. The fraction of sp³-hybridized carbons (Fsp3) is 0.194. The monoisotopic (exact) mass is 539 g/mol. The first-order valence-electron chi connectivity index (χ1n) is 12.7. The number of hydrogen-bond acceptors (Lipinski definition) is 6. The molecule has 0 aliphatic rings. The summed E-state index contributed by atoms with van der Waals surface area (Å²) in [7, 11) is 9.61. The van der Waals surface area contributed by atoms with Crippen molar-refractivity contribution < 1.29 is 14.5 Å². The maximum absolute atomic E-state index is 13.0. The lowest BCUT2D eigenvalue weighted by molar-refractivity contribution is -0.384. The van der Waals surface area contributed by atoms with Crippen LogP contribution in [0.15, 0.2) is 91.0 Å². The summed E-state index contributed by atoms with van der Waals surface area (Å²) in [4.78, 5) is 27.6. The van der Waals surface area contributed by atoms with E-state index in [2.05, 4.69) is 59.2 Å². The SMILES string of the molecule is COc1ccc(NC(=O)Nc2ccc([N+](=O)[O-])cc2)c(C(c2ccc(N(C)C)cc2)c2ccc(N(C)C)cc2)c1. The minimum atomic E-state index is -0.482. The summed E-state index contributed by atoms with van der Waals surface area (Å²) in [6.45, 7) is 0. The third kappa shape index (κ3) is 6.50. The number of hydrogen-bond donors (Lipinski definition) is 2. The zero-order valence-corrected chi connectivity index (χ0v) is 23.2. The van der Waals surface area contributed by atoms with E-state index in [0.717, 1.165) is 28.1 Å². The van der Waals surface area contributed by atoms with Gasteiger partial charge in [0.25, 0.3) is 5.69 Å². The summed E-state index contributed by atoms with van der Waals surface area (Å²) in [5, 5.41) is 16.7. The molecule has 2 N–H and O–H groups in total. The van der Waals surface area contributed by atoms with E-state index in [1.54, 1.807) is 13.2 Å². The molecule has 0 heterocycles. The van der Waals surface area contributed by atoms with Crippen LogP contribution < -0.4 is 25.2 Å². The molecule has 0 bridgehead atoms. The number of carbonyl (C=O) groups is 1. The molecule has 9 nitrogen and oxygen atoms in total. The van der Waals surface area contributed by atoms with Crippen molar-refractivity contribution in [1.82, 2.24) is 0 Å². The standard InChI is InChI=1S/C31H33N5O4/c1-34(2)24-12-6-21(7-13-24)30(22-8-14-25(15-9-22)35(3)4)28-20-27(40-5)18-19-29(28)33-31(37)32-23-10-16-26(17-11-23)36(38)39/h6-20,30H,1-5H3,(H2,32,33,37). The van der Waals surface area contributed by atoms with Gasteiger partial charge in [0.15, 0.2) is 0 Å². The van der Waals surface area contributed by atoms with E-state index in [1.165, 1.54) is 24.3 Å². The van der Waals surface area contributed by atoms with Crippen molar-refractivity contribution in [3.8, 4) is 5.75 Å². The molecule has 2 amide bonds. The highest BCUT2D eigenvalue weighted by molar-refractivity contribution is 6.00. The van der Waals surface area contributed by atoms with Crippen molar-refractivity contribution in [1.29, 1.82) is 0 Å². The number of nitrogens with zero attached hydrogens (tertiary/aromatic N) is 3. The van der Waals surface area contributed by atoms with Gasteiger partial charge < -0.3 is 25.2 Å². The zero-order chi connectivity index (χ0) is 28.8. The van der Waals surface area contributed by atoms with Gasteiger partial charge in [-0.05, 0) is 71.3 Å². The van der Waals surface area contributed by atoms with E-state index in [1.807, 2.05) is 50.1 Å². The summed E-state index contributed by atoms with van der Waals surface area (Å²) >= 11 is 0. The second kappa shape index (κ2) is 12.2. The van der Waals surface area contributed by atoms with Crippen LogP contribution in [-0.2, 0) is 0 Å². The number of nitrogens with one attached hydrogen (secondary N) is 2. The number of urea groups is 1. The highest BCUT2D eigenvalue weighted by Gasteiger charge is 2.22. The lowest BCUT2D eigenvalue weighted by atomic mass is 9.84. The number of anilines is 4. The van der Waals surface area contributed by atoms with Crippen molar-refractivity contribution in [3.05, 3.63) is 118 Å². The molecule has 9 heteroatoms. The first-order chi connectivity index (χ1) is 19.2. The number of ether oxygens (including phenoxy) is 1. The van der Waals surface area contributed by atoms with Crippen molar-refractivity contribution in [3.63, 3.8) is 0 Å². The highest BCUT2D eigenvalue weighted by Crippen LogP contribution is 2.39. The van der Waals surface area contributed by atoms with Gasteiger partial charge in [0.2, 0.25) is 0 Å². The third-order valence-corrected chi connectivity index (χ3v) is 6.64. The van der Waals surface area contributed by atoms with E-state index in [-0.39, 0.29) is 11.6 Å². The van der Waals surface area contributed by atoms with Gasteiger partial charge in [-0.3, -0.25) is 10.1 Å². The van der Waals surface area contributed by atoms with Crippen LogP contribution in [-0.4, -0.2) is 46.3 Å². The Bertz CT molecular complexity index is 1420. The molecule has 4 aromatic rings. The average molecular weight is 540 g/mol.